The molecule has 0 amide bonds. The molecule has 0 rings (SSSR count). The fraction of sp³-hybridized carbons (Fsp3) is 1.00. The zero-order chi connectivity index (χ0) is 96.3. The predicted molar refractivity (Wildman–Crippen MR) is 586 cm³/mol. The van der Waals surface area contributed by atoms with Gasteiger partial charge in [0.2, 0.25) is 0 Å². The van der Waals surface area contributed by atoms with Gasteiger partial charge in [0, 0.05) is 0 Å². The summed E-state index contributed by atoms with van der Waals surface area (Å²) in [5.74, 6) is 0. The predicted octanol–water partition coefficient (Wildman–Crippen LogP) is 49.1. The van der Waals surface area contributed by atoms with Crippen molar-refractivity contribution in [2.75, 3.05) is 188 Å². The highest BCUT2D eigenvalue weighted by atomic mass is 35.6. The summed E-state index contributed by atoms with van der Waals surface area (Å²) in [5, 5.41) is 14.5. The Bertz CT molecular complexity index is 330. The molecule has 107 heavy (non-hydrogen) atoms. The minimum absolute atomic E-state index is 0.164. The first-order valence-corrected chi connectivity index (χ1v) is 56.6. The molecule has 0 atom stereocenters. The molecule has 0 aromatic rings. The van der Waals surface area contributed by atoms with Crippen molar-refractivity contribution < 1.29 is 5.11 Å². The van der Waals surface area contributed by atoms with Crippen LogP contribution < -0.4 is 0 Å². The maximum Gasteiger partial charge on any atom is 0.130 e. The van der Waals surface area contributed by atoms with Gasteiger partial charge in [-0.2, -0.15) is 0 Å². The molecular weight excluding hydrogens is 2930 g/mol. The van der Waals surface area contributed by atoms with Crippen LogP contribution in [0.1, 0.15) is 0 Å². The van der Waals surface area contributed by atoms with E-state index in [1.54, 1.807) is 0 Å². The minimum atomic E-state index is -0.616. The number of halogens is 70. The molecule has 0 saturated heterocycles. The zero-order valence-electron chi connectivity index (χ0n) is 52.2. The standard InChI is InChI=1S/C2H4Cl2O.34CH2Cl2/c3-2(4)1-5;34*2-1-3/h2,5H,1H2;34*1H2. The lowest BCUT2D eigenvalue weighted by molar-refractivity contribution is 0.313. The van der Waals surface area contributed by atoms with Gasteiger partial charge in [0.15, 0.2) is 0 Å². The number of rotatable bonds is 1. The van der Waals surface area contributed by atoms with E-state index >= 15 is 0 Å². The molecule has 0 aromatic heterocycles. The van der Waals surface area contributed by atoms with E-state index in [1.165, 1.54) is 0 Å². The van der Waals surface area contributed by atoms with Crippen LogP contribution in [0, 0.1) is 0 Å². The van der Waals surface area contributed by atoms with Gasteiger partial charge in [0.05, 0.1) is 188 Å². The van der Waals surface area contributed by atoms with Gasteiger partial charge in [-0.25, -0.2) is 0 Å². The molecule has 0 aliphatic rings. The van der Waals surface area contributed by atoms with E-state index in [0.717, 1.165) is 0 Å². The topological polar surface area (TPSA) is 20.2 Å². The Labute approximate surface area is 992 Å². The monoisotopic (exact) mass is 2970 g/mol. The molecule has 0 bridgehead atoms. The van der Waals surface area contributed by atoms with Crippen molar-refractivity contribution in [1.82, 2.24) is 0 Å². The number of aliphatic hydroxyl groups is 1. The smallest absolute Gasteiger partial charge is 0.130 e. The number of hydrogen-bond donors (Lipinski definition) is 1. The normalized spacial score (nSPS) is 6.17. The lowest BCUT2D eigenvalue weighted by Gasteiger charge is -1.84. The Morgan fingerprint density at radius 3 is 0.103 bits per heavy atom. The van der Waals surface area contributed by atoms with Gasteiger partial charge < -0.3 is 5.11 Å². The summed E-state index contributed by atoms with van der Waals surface area (Å²) >= 11 is 334. The van der Waals surface area contributed by atoms with Crippen molar-refractivity contribution in [3.63, 3.8) is 0 Å². The van der Waals surface area contributed by atoms with Crippen LogP contribution in [0.2, 0.25) is 0 Å². The van der Waals surface area contributed by atoms with Crippen LogP contribution in [0.4, 0.5) is 0 Å². The van der Waals surface area contributed by atoms with E-state index in [4.69, 9.17) is 817 Å². The second kappa shape index (κ2) is 584. The van der Waals surface area contributed by atoms with E-state index in [1.807, 2.05) is 0 Å². The second-order valence-corrected chi connectivity index (χ2v) is 32.8. The van der Waals surface area contributed by atoms with Crippen LogP contribution in [-0.2, 0) is 0 Å². The van der Waals surface area contributed by atoms with Crippen molar-refractivity contribution in [2.45, 2.75) is 4.84 Å². The highest BCUT2D eigenvalue weighted by molar-refractivity contribution is 6.50. The average molecular weight is 3000 g/mol. The highest BCUT2D eigenvalue weighted by Gasteiger charge is 1.88. The van der Waals surface area contributed by atoms with Crippen LogP contribution in [0.15, 0.2) is 0 Å². The molecule has 0 aliphatic heterocycles. The molecule has 1 N–H and O–H groups in total. The van der Waals surface area contributed by atoms with E-state index in [0.29, 0.717) is 0 Å². The summed E-state index contributed by atoms with van der Waals surface area (Å²) in [6.45, 7) is -0.164. The van der Waals surface area contributed by atoms with Crippen LogP contribution in [0.25, 0.3) is 0 Å². The van der Waals surface area contributed by atoms with Gasteiger partial charge in [-0.05, 0) is 0 Å². The van der Waals surface area contributed by atoms with Crippen LogP contribution in [0.3, 0.4) is 0 Å². The molecule has 0 unspecified atom stereocenters. The van der Waals surface area contributed by atoms with Gasteiger partial charge in [-0.3, -0.25) is 0 Å². The fourth-order valence-corrected chi connectivity index (χ4v) is 0. The molecule has 0 aliphatic carbocycles. The maximum absolute atomic E-state index is 7.88. The van der Waals surface area contributed by atoms with E-state index in [2.05, 4.69) is 0 Å². The SMILES string of the molecule is ClCCl.ClCCl.ClCCl.ClCCl.ClCCl.ClCCl.ClCCl.ClCCl.ClCCl.ClCCl.ClCCl.ClCCl.ClCCl.ClCCl.ClCCl.ClCCl.ClCCl.ClCCl.ClCCl.ClCCl.ClCCl.ClCCl.ClCCl.ClCCl.ClCCl.ClCCl.ClCCl.ClCCl.ClCCl.ClCCl.ClCCl.ClCCl.ClCCl.ClCCl.OCC(Cl)Cl. The molecule has 0 radical (unpaired) electrons. The first-order valence-electron chi connectivity index (χ1n) is 19.3. The fourth-order valence-electron chi connectivity index (χ4n) is 0. The van der Waals surface area contributed by atoms with Crippen molar-refractivity contribution in [2.24, 2.45) is 0 Å². The molecule has 0 heterocycles. The van der Waals surface area contributed by atoms with Gasteiger partial charge >= 0.3 is 0 Å². The number of aliphatic hydroxyl groups excluding tert-OH is 1. The molecular formula is C36H72Cl70O. The first kappa shape index (κ1) is 238. The summed E-state index contributed by atoms with van der Waals surface area (Å²) in [4.78, 5) is -0.616. The third kappa shape index (κ3) is 3930. The van der Waals surface area contributed by atoms with Gasteiger partial charge in [0.1, 0.15) is 4.84 Å². The maximum atomic E-state index is 7.88. The summed E-state index contributed by atoms with van der Waals surface area (Å²) in [6.07, 6.45) is 0. The Kier molecular flexibility index (Phi) is 1300. The molecule has 0 saturated carbocycles. The third-order valence-electron chi connectivity index (χ3n) is 0.138. The summed E-state index contributed by atoms with van der Waals surface area (Å²) < 4.78 is 0. The summed E-state index contributed by atoms with van der Waals surface area (Å²) in [6, 6.07) is 0. The first-order chi connectivity index (χ1) is 50.4. The Morgan fingerprint density at radius 1 is 0.0935 bits per heavy atom. The largest absolute Gasteiger partial charge is 0.394 e. The quantitative estimate of drug-likeness (QED) is 0.260. The summed E-state index contributed by atoms with van der Waals surface area (Å²) in [7, 11) is 0. The van der Waals surface area contributed by atoms with Crippen molar-refractivity contribution in [3.8, 4) is 0 Å². The number of hydrogen-bond acceptors (Lipinski definition) is 1. The van der Waals surface area contributed by atoms with E-state index < -0.39 is 4.84 Å². The lowest BCUT2D eigenvalue weighted by atomic mass is 10.9. The molecule has 1 nitrogen and oxygen atoms in total. The van der Waals surface area contributed by atoms with Crippen LogP contribution in [-0.4, -0.2) is 198 Å². The van der Waals surface area contributed by atoms with Crippen molar-refractivity contribution >= 4 is 812 Å². The number of alkyl halides is 70. The van der Waals surface area contributed by atoms with Gasteiger partial charge in [-0.1, -0.05) is 0 Å². The van der Waals surface area contributed by atoms with Crippen LogP contribution in [0.5, 0.6) is 0 Å². The summed E-state index contributed by atoms with van der Waals surface area (Å²) in [5.41, 5.74) is 0. The Hall–Kier alpha value is 20.3. The zero-order valence-corrected chi connectivity index (χ0v) is 105. The molecule has 71 heteroatoms. The van der Waals surface area contributed by atoms with E-state index in [9.17, 15) is 0 Å². The second-order valence-electron chi connectivity index (χ2n) is 4.01. The Morgan fingerprint density at radius 2 is 0.103 bits per heavy atom. The molecule has 0 aromatic carbocycles. The Balaban J connectivity index is -0.0000000151. The van der Waals surface area contributed by atoms with E-state index in [-0.39, 0.29) is 188 Å². The third-order valence-corrected chi connectivity index (χ3v) is 0.414. The van der Waals surface area contributed by atoms with Gasteiger partial charge in [-0.15, -0.1) is 812 Å². The molecule has 712 valence electrons. The van der Waals surface area contributed by atoms with Crippen molar-refractivity contribution in [3.05, 3.63) is 0 Å². The van der Waals surface area contributed by atoms with Gasteiger partial charge in [0.25, 0.3) is 0 Å². The average Bonchev–Trinajstić information content (AvgIpc) is 3.54. The lowest BCUT2D eigenvalue weighted by Crippen LogP contribution is -1.90. The molecule has 0 fully saturated rings. The molecule has 0 spiro atoms. The highest BCUT2D eigenvalue weighted by Crippen LogP contribution is 1.96. The minimum Gasteiger partial charge on any atom is -0.394 e. The van der Waals surface area contributed by atoms with Crippen LogP contribution >= 0.6 is 812 Å². The van der Waals surface area contributed by atoms with Crippen molar-refractivity contribution in [1.29, 1.82) is 0 Å².